The van der Waals surface area contributed by atoms with E-state index in [1.165, 1.54) is 26.5 Å². The van der Waals surface area contributed by atoms with Crippen molar-refractivity contribution < 1.29 is 24.0 Å². The lowest BCUT2D eigenvalue weighted by Crippen LogP contribution is -2.48. The predicted octanol–water partition coefficient (Wildman–Crippen LogP) is 1.69. The van der Waals surface area contributed by atoms with Gasteiger partial charge in [0.1, 0.15) is 0 Å². The first-order valence-electron chi connectivity index (χ1n) is 7.51. The van der Waals surface area contributed by atoms with Crippen LogP contribution < -0.4 is 0 Å². The predicted molar refractivity (Wildman–Crippen MR) is 90.8 cm³/mol. The minimum absolute atomic E-state index is 0.00342. The van der Waals surface area contributed by atoms with E-state index in [9.17, 15) is 19.2 Å². The lowest BCUT2D eigenvalue weighted by molar-refractivity contribution is -0.127. The lowest BCUT2D eigenvalue weighted by atomic mass is 10.2. The Morgan fingerprint density at radius 3 is 2.32 bits per heavy atom. The molecule has 1 radical (unpaired) electrons. The van der Waals surface area contributed by atoms with Crippen LogP contribution >= 0.6 is 0 Å². The average Bonchev–Trinajstić information content (AvgIpc) is 2.62. The topological polar surface area (TPSA) is 87.2 Å². The molecule has 1 aromatic carbocycles. The second-order valence-corrected chi connectivity index (χ2v) is 5.04. The number of amides is 4. The Kier molecular flexibility index (Phi) is 7.85. The molecule has 0 fully saturated rings. The van der Waals surface area contributed by atoms with Crippen molar-refractivity contribution in [3.63, 3.8) is 0 Å². The number of urea groups is 1. The van der Waals surface area contributed by atoms with Crippen LogP contribution in [0.25, 0.3) is 6.08 Å². The maximum absolute atomic E-state index is 12.4. The molecule has 8 heteroatoms. The van der Waals surface area contributed by atoms with Crippen LogP contribution in [-0.2, 0) is 14.4 Å². The van der Waals surface area contributed by atoms with E-state index >= 15 is 0 Å². The highest BCUT2D eigenvalue weighted by Crippen LogP contribution is 2.06. The Morgan fingerprint density at radius 1 is 1.16 bits per heavy atom. The van der Waals surface area contributed by atoms with E-state index in [4.69, 9.17) is 4.84 Å². The van der Waals surface area contributed by atoms with Crippen LogP contribution in [0.4, 0.5) is 9.59 Å². The van der Waals surface area contributed by atoms with Gasteiger partial charge in [0, 0.05) is 20.2 Å². The van der Waals surface area contributed by atoms with Gasteiger partial charge in [0.25, 0.3) is 5.91 Å². The molecular formula is C17H20N3O5. The van der Waals surface area contributed by atoms with Crippen molar-refractivity contribution in [1.82, 2.24) is 14.9 Å². The van der Waals surface area contributed by atoms with Crippen LogP contribution in [0.2, 0.25) is 0 Å². The number of hydrogen-bond donors (Lipinski definition) is 0. The van der Waals surface area contributed by atoms with Crippen LogP contribution in [0.1, 0.15) is 12.5 Å². The summed E-state index contributed by atoms with van der Waals surface area (Å²) in [7, 11) is 2.90. The Bertz CT molecular complexity index is 643. The SMILES string of the molecule is CCN(OC(=O)N(C)C)C(=O)N(C[C]=O)C(=O)/C=C/c1ccccc1. The molecule has 0 aliphatic rings. The van der Waals surface area contributed by atoms with Gasteiger partial charge in [-0.3, -0.25) is 14.5 Å². The Hall–Kier alpha value is -3.16. The number of benzene rings is 1. The molecular weight excluding hydrogens is 326 g/mol. The zero-order valence-electron chi connectivity index (χ0n) is 14.3. The Labute approximate surface area is 146 Å². The highest BCUT2D eigenvalue weighted by Gasteiger charge is 2.27. The maximum Gasteiger partial charge on any atom is 0.433 e. The standard InChI is InChI=1S/C17H20N3O5/c1-4-20(25-17(24)18(2)3)16(23)19(12-13-21)15(22)11-10-14-8-6-5-7-9-14/h5-11H,4,12H2,1-3H3/b11-10+. The number of hydroxylamine groups is 2. The molecule has 0 spiro atoms. The first-order chi connectivity index (χ1) is 11.9. The van der Waals surface area contributed by atoms with Gasteiger partial charge in [0.2, 0.25) is 6.29 Å². The van der Waals surface area contributed by atoms with Gasteiger partial charge in [-0.05, 0) is 18.6 Å². The van der Waals surface area contributed by atoms with E-state index in [2.05, 4.69) is 0 Å². The zero-order valence-corrected chi connectivity index (χ0v) is 14.3. The Morgan fingerprint density at radius 2 is 1.80 bits per heavy atom. The third-order valence-electron chi connectivity index (χ3n) is 2.99. The molecule has 1 aromatic rings. The molecule has 0 aliphatic carbocycles. The van der Waals surface area contributed by atoms with Crippen LogP contribution in [0.15, 0.2) is 36.4 Å². The van der Waals surface area contributed by atoms with E-state index in [1.807, 2.05) is 6.07 Å². The molecule has 0 saturated heterocycles. The molecule has 0 unspecified atom stereocenters. The summed E-state index contributed by atoms with van der Waals surface area (Å²) in [6.45, 7) is 0.990. The quantitative estimate of drug-likeness (QED) is 0.598. The van der Waals surface area contributed by atoms with Crippen LogP contribution in [0.3, 0.4) is 0 Å². The van der Waals surface area contributed by atoms with Crippen molar-refractivity contribution in [2.24, 2.45) is 0 Å². The number of rotatable bonds is 5. The second kappa shape index (κ2) is 9.86. The van der Waals surface area contributed by atoms with Gasteiger partial charge in [0.15, 0.2) is 0 Å². The third-order valence-corrected chi connectivity index (χ3v) is 2.99. The number of nitrogens with zero attached hydrogens (tertiary/aromatic N) is 3. The zero-order chi connectivity index (χ0) is 18.8. The van der Waals surface area contributed by atoms with Crippen LogP contribution in [0.5, 0.6) is 0 Å². The minimum atomic E-state index is -0.927. The fourth-order valence-electron chi connectivity index (χ4n) is 1.68. The summed E-state index contributed by atoms with van der Waals surface area (Å²) < 4.78 is 0. The summed E-state index contributed by atoms with van der Waals surface area (Å²) in [5, 5.41) is 0.702. The highest BCUT2D eigenvalue weighted by molar-refractivity contribution is 6.03. The number of hydrogen-bond acceptors (Lipinski definition) is 5. The maximum atomic E-state index is 12.4. The van der Waals surface area contributed by atoms with E-state index < -0.39 is 24.6 Å². The van der Waals surface area contributed by atoms with Gasteiger partial charge < -0.3 is 9.74 Å². The molecule has 8 nitrogen and oxygen atoms in total. The molecule has 1 rings (SSSR count). The molecule has 25 heavy (non-hydrogen) atoms. The number of imide groups is 1. The van der Waals surface area contributed by atoms with Gasteiger partial charge in [-0.15, -0.1) is 0 Å². The first-order valence-corrected chi connectivity index (χ1v) is 7.51. The molecule has 0 N–H and O–H groups in total. The monoisotopic (exact) mass is 346 g/mol. The summed E-state index contributed by atoms with van der Waals surface area (Å²) in [6.07, 6.45) is 3.39. The van der Waals surface area contributed by atoms with E-state index in [1.54, 1.807) is 31.2 Å². The van der Waals surface area contributed by atoms with Gasteiger partial charge in [-0.2, -0.15) is 5.06 Å². The van der Waals surface area contributed by atoms with Crippen molar-refractivity contribution in [1.29, 1.82) is 0 Å². The molecule has 0 heterocycles. The fourth-order valence-corrected chi connectivity index (χ4v) is 1.68. The first kappa shape index (κ1) is 19.9. The Balaban J connectivity index is 2.90. The van der Waals surface area contributed by atoms with Crippen LogP contribution in [-0.4, -0.2) is 66.4 Å². The van der Waals surface area contributed by atoms with Crippen LogP contribution in [0, 0.1) is 0 Å². The van der Waals surface area contributed by atoms with E-state index in [0.717, 1.165) is 16.5 Å². The number of carbonyl (C=O) groups excluding carboxylic acids is 4. The van der Waals surface area contributed by atoms with Gasteiger partial charge >= 0.3 is 12.1 Å². The minimum Gasteiger partial charge on any atom is -0.317 e. The van der Waals surface area contributed by atoms with Crippen molar-refractivity contribution in [2.75, 3.05) is 27.2 Å². The lowest BCUT2D eigenvalue weighted by Gasteiger charge is -2.26. The molecule has 0 aromatic heterocycles. The largest absolute Gasteiger partial charge is 0.433 e. The highest BCUT2D eigenvalue weighted by atomic mass is 16.7. The summed E-state index contributed by atoms with van der Waals surface area (Å²) in [5.41, 5.74) is 0.754. The molecule has 0 atom stereocenters. The van der Waals surface area contributed by atoms with E-state index in [0.29, 0.717) is 9.96 Å². The molecule has 4 amide bonds. The molecule has 133 valence electrons. The second-order valence-electron chi connectivity index (χ2n) is 5.04. The van der Waals surface area contributed by atoms with E-state index in [-0.39, 0.29) is 6.54 Å². The third kappa shape index (κ3) is 6.09. The van der Waals surface area contributed by atoms with Crippen molar-refractivity contribution in [3.8, 4) is 0 Å². The average molecular weight is 346 g/mol. The van der Waals surface area contributed by atoms with Gasteiger partial charge in [0.05, 0.1) is 13.1 Å². The van der Waals surface area contributed by atoms with Gasteiger partial charge in [-0.25, -0.2) is 9.59 Å². The van der Waals surface area contributed by atoms with Crippen molar-refractivity contribution in [2.45, 2.75) is 6.92 Å². The molecule has 0 aliphatic heterocycles. The fraction of sp³-hybridized carbons (Fsp3) is 0.294. The van der Waals surface area contributed by atoms with Crippen molar-refractivity contribution in [3.05, 3.63) is 42.0 Å². The van der Waals surface area contributed by atoms with Gasteiger partial charge in [-0.1, -0.05) is 30.3 Å². The number of carbonyl (C=O) groups is 3. The summed E-state index contributed by atoms with van der Waals surface area (Å²) in [6, 6.07) is 8.05. The summed E-state index contributed by atoms with van der Waals surface area (Å²) in [5.74, 6) is -0.725. The summed E-state index contributed by atoms with van der Waals surface area (Å²) >= 11 is 0. The molecule has 0 saturated carbocycles. The normalized spacial score (nSPS) is 10.2. The van der Waals surface area contributed by atoms with Crippen molar-refractivity contribution >= 4 is 30.4 Å². The smallest absolute Gasteiger partial charge is 0.317 e. The summed E-state index contributed by atoms with van der Waals surface area (Å²) in [4.78, 5) is 53.6. The molecule has 0 bridgehead atoms.